The van der Waals surface area contributed by atoms with Crippen molar-refractivity contribution in [3.05, 3.63) is 30.0 Å². The fourth-order valence-corrected chi connectivity index (χ4v) is 3.11. The second-order valence-corrected chi connectivity index (χ2v) is 7.30. The number of methoxy groups -OCH3 is 2. The molecule has 0 atom stereocenters. The minimum atomic E-state index is -4.52. The Kier molecular flexibility index (Phi) is 9.52. The van der Waals surface area contributed by atoms with Gasteiger partial charge in [-0.1, -0.05) is 0 Å². The van der Waals surface area contributed by atoms with Crippen molar-refractivity contribution in [3.8, 4) is 11.8 Å². The summed E-state index contributed by atoms with van der Waals surface area (Å²) in [6.07, 6.45) is 1.23. The van der Waals surface area contributed by atoms with Crippen LogP contribution in [0.1, 0.15) is 5.56 Å². The minimum absolute atomic E-state index is 0.00282. The average molecular weight is 485 g/mol. The summed E-state index contributed by atoms with van der Waals surface area (Å²) < 4.78 is 43.6. The number of ether oxygens (including phenoxy) is 3. The Morgan fingerprint density at radius 2 is 1.97 bits per heavy atom. The number of aromatic nitrogens is 3. The predicted octanol–water partition coefficient (Wildman–Crippen LogP) is -2.67. The summed E-state index contributed by atoms with van der Waals surface area (Å²) >= 11 is 0. The lowest BCUT2D eigenvalue weighted by Gasteiger charge is -2.16. The molecule has 3 heterocycles. The molecule has 5 N–H and O–H groups in total. The highest BCUT2D eigenvalue weighted by Crippen LogP contribution is 2.19. The smallest absolute Gasteiger partial charge is 0.301 e. The molecule has 1 aliphatic heterocycles. The fourth-order valence-electron chi connectivity index (χ4n) is 2.13. The van der Waals surface area contributed by atoms with Gasteiger partial charge in [-0.3, -0.25) is 0 Å². The standard InChI is InChI=1S/C15H16N6O7S.C2H7NO/c1-25-10-8-11(26-2)18-14(17-10)19-15(22)21-29(23,24)13-9(4-3-5-16-13)12-20-28-7-6-27-12;3-1-2-4/h3-5,8H,6-7H2,1-2H3,(H2,17,18,19,21,22);4H,1-3H2. The zero-order valence-electron chi connectivity index (χ0n) is 17.8. The minimum Gasteiger partial charge on any atom is -0.845 e. The number of nitrogens with zero attached hydrogens (tertiary/aromatic N) is 5. The summed E-state index contributed by atoms with van der Waals surface area (Å²) in [4.78, 5) is 16.4. The lowest BCUT2D eigenvalue weighted by atomic mass is 10.3. The van der Waals surface area contributed by atoms with E-state index in [9.17, 15) is 13.5 Å². The Morgan fingerprint density at radius 3 is 2.52 bits per heavy atom. The van der Waals surface area contributed by atoms with E-state index in [4.69, 9.17) is 24.2 Å². The molecule has 33 heavy (non-hydrogen) atoms. The summed E-state index contributed by atoms with van der Waals surface area (Å²) in [5.41, 5.74) is 3.36. The van der Waals surface area contributed by atoms with Gasteiger partial charge in [-0.2, -0.15) is 22.8 Å². The molecule has 1 aliphatic rings. The van der Waals surface area contributed by atoms with Gasteiger partial charge in [0.1, 0.15) is 6.61 Å². The van der Waals surface area contributed by atoms with Crippen LogP contribution in [0.3, 0.4) is 0 Å². The molecule has 180 valence electrons. The number of anilines is 1. The normalized spacial score (nSPS) is 13.5. The van der Waals surface area contributed by atoms with Gasteiger partial charge in [0.15, 0.2) is 11.6 Å². The molecule has 0 bridgehead atoms. The number of sulfonamides is 1. The molecule has 0 aromatic carbocycles. The highest BCUT2D eigenvalue weighted by molar-refractivity contribution is 7.90. The van der Waals surface area contributed by atoms with Crippen molar-refractivity contribution < 1.29 is 43.4 Å². The zero-order valence-corrected chi connectivity index (χ0v) is 18.6. The first-order valence-electron chi connectivity index (χ1n) is 9.29. The van der Waals surface area contributed by atoms with Crippen LogP contribution in [0.25, 0.3) is 0 Å². The number of rotatable bonds is 7. The van der Waals surface area contributed by atoms with Crippen molar-refractivity contribution in [2.75, 3.05) is 45.9 Å². The van der Waals surface area contributed by atoms with Gasteiger partial charge >= 0.3 is 10.0 Å². The van der Waals surface area contributed by atoms with Crippen LogP contribution in [0.5, 0.6) is 11.8 Å². The number of hydrogen-bond acceptors (Lipinski definition) is 12. The van der Waals surface area contributed by atoms with E-state index in [0.717, 1.165) is 0 Å². The van der Waals surface area contributed by atoms with E-state index in [1.165, 1.54) is 38.6 Å². The molecule has 15 nitrogen and oxygen atoms in total. The Hall–Kier alpha value is -3.76. The summed E-state index contributed by atoms with van der Waals surface area (Å²) in [6, 6.07) is 3.00. The van der Waals surface area contributed by atoms with Crippen molar-refractivity contribution in [1.29, 1.82) is 0 Å². The van der Waals surface area contributed by atoms with Crippen LogP contribution >= 0.6 is 0 Å². The lowest BCUT2D eigenvalue weighted by Crippen LogP contribution is -2.51. The first-order valence-corrected chi connectivity index (χ1v) is 10.7. The second-order valence-electron chi connectivity index (χ2n) is 5.78. The molecule has 2 aromatic heterocycles. The van der Waals surface area contributed by atoms with Gasteiger partial charge in [-0.05, 0) is 17.3 Å². The van der Waals surface area contributed by atoms with Crippen molar-refractivity contribution in [2.45, 2.75) is 5.03 Å². The molecule has 0 saturated heterocycles. The van der Waals surface area contributed by atoms with Gasteiger partial charge < -0.3 is 40.3 Å². The van der Waals surface area contributed by atoms with E-state index in [0.29, 0.717) is 6.54 Å². The van der Waals surface area contributed by atoms with Crippen molar-refractivity contribution in [3.63, 3.8) is 0 Å². The fraction of sp³-hybridized carbons (Fsp3) is 0.353. The molecule has 0 saturated carbocycles. The van der Waals surface area contributed by atoms with E-state index >= 15 is 0 Å². The maximum absolute atomic E-state index is 12.6. The van der Waals surface area contributed by atoms with Crippen molar-refractivity contribution >= 4 is 27.9 Å². The third kappa shape index (κ3) is 7.41. The van der Waals surface area contributed by atoms with E-state index in [1.54, 1.807) is 0 Å². The van der Waals surface area contributed by atoms with Crippen molar-refractivity contribution in [2.24, 2.45) is 9.55 Å². The Labute approximate surface area is 189 Å². The Balaban J connectivity index is 0.000000890. The molecule has 2 aromatic rings. The molecule has 0 amide bonds. The summed E-state index contributed by atoms with van der Waals surface area (Å²) in [5.74, 6) is -0.164. The molecule has 0 fully saturated rings. The van der Waals surface area contributed by atoms with Crippen molar-refractivity contribution in [1.82, 2.24) is 15.0 Å². The lowest BCUT2D eigenvalue weighted by molar-refractivity contribution is -0.372. The molecule has 0 unspecified atom stereocenters. The molecular weight excluding hydrogens is 462 g/mol. The van der Waals surface area contributed by atoms with Gasteiger partial charge in [0.05, 0.1) is 45.0 Å². The third-order valence-electron chi connectivity index (χ3n) is 3.48. The number of pyridine rings is 1. The maximum Gasteiger partial charge on any atom is 0.301 e. The molecule has 3 rings (SSSR count). The van der Waals surface area contributed by atoms with Gasteiger partial charge in [-0.15, -0.1) is 0 Å². The SMILES string of the molecule is COc1cc(OC)nc(N/C([O-])=N/S(=O)(=O)c2ncccc2C2=NOCCO2)n1.[NH3+]CCO. The summed E-state index contributed by atoms with van der Waals surface area (Å²) in [6.45, 7) is 1.24. The number of amidine groups is 1. The maximum atomic E-state index is 12.6. The molecule has 16 heteroatoms. The number of aliphatic hydroxyl groups is 1. The summed E-state index contributed by atoms with van der Waals surface area (Å²) in [5, 5.41) is 25.2. The highest BCUT2D eigenvalue weighted by atomic mass is 32.2. The Morgan fingerprint density at radius 1 is 1.30 bits per heavy atom. The third-order valence-corrected chi connectivity index (χ3v) is 4.70. The molecule has 0 spiro atoms. The van der Waals surface area contributed by atoms with Crippen LogP contribution in [-0.2, 0) is 19.6 Å². The van der Waals surface area contributed by atoms with Crippen LogP contribution in [0, 0.1) is 0 Å². The number of hydrogen-bond donors (Lipinski definition) is 3. The van der Waals surface area contributed by atoms with Gasteiger partial charge in [0.2, 0.25) is 17.7 Å². The highest BCUT2D eigenvalue weighted by Gasteiger charge is 2.25. The number of aliphatic hydroxyl groups excluding tert-OH is 1. The van der Waals surface area contributed by atoms with Crippen LogP contribution in [-0.4, -0.2) is 81.0 Å². The largest absolute Gasteiger partial charge is 0.845 e. The molecular formula is C17H23N7O8S. The van der Waals surface area contributed by atoms with Gasteiger partial charge in [0, 0.05) is 6.20 Å². The van der Waals surface area contributed by atoms with E-state index < -0.39 is 21.1 Å². The van der Waals surface area contributed by atoms with Crippen LogP contribution in [0.2, 0.25) is 0 Å². The number of oxime groups is 1. The Bertz CT molecular complexity index is 1070. The average Bonchev–Trinajstić information content (AvgIpc) is 2.84. The zero-order chi connectivity index (χ0) is 24.3. The number of quaternary nitrogens is 1. The van der Waals surface area contributed by atoms with Crippen LogP contribution < -0.4 is 25.6 Å². The summed E-state index contributed by atoms with van der Waals surface area (Å²) in [7, 11) is -1.82. The van der Waals surface area contributed by atoms with Gasteiger partial charge in [0.25, 0.3) is 5.90 Å². The first-order chi connectivity index (χ1) is 15.8. The topological polar surface area (TPSA) is 217 Å². The first kappa shape index (κ1) is 25.5. The molecule has 0 aliphatic carbocycles. The van der Waals surface area contributed by atoms with Crippen LogP contribution in [0.4, 0.5) is 5.95 Å². The van der Waals surface area contributed by atoms with Crippen LogP contribution in [0.15, 0.2) is 39.0 Å². The van der Waals surface area contributed by atoms with E-state index in [1.807, 2.05) is 0 Å². The second kappa shape index (κ2) is 12.3. The predicted molar refractivity (Wildman–Crippen MR) is 111 cm³/mol. The van der Waals surface area contributed by atoms with Gasteiger partial charge in [-0.25, -0.2) is 4.98 Å². The quantitative estimate of drug-likeness (QED) is 0.270. The van der Waals surface area contributed by atoms with E-state index in [-0.39, 0.29) is 49.0 Å². The monoisotopic (exact) mass is 485 g/mol. The van der Waals surface area contributed by atoms with E-state index in [2.05, 4.69) is 35.6 Å². The molecule has 0 radical (unpaired) electrons. The number of nitrogens with one attached hydrogen (secondary N) is 1.